The van der Waals surface area contributed by atoms with Crippen LogP contribution >= 0.6 is 38.6 Å². The third-order valence-corrected chi connectivity index (χ3v) is 5.20. The maximum absolute atomic E-state index is 5.89. The van der Waals surface area contributed by atoms with Crippen molar-refractivity contribution < 1.29 is 0 Å². The summed E-state index contributed by atoms with van der Waals surface area (Å²) in [7, 11) is 2.09. The molecule has 0 saturated carbocycles. The zero-order valence-corrected chi connectivity index (χ0v) is 12.7. The molecule has 0 bridgehead atoms. The van der Waals surface area contributed by atoms with Crippen molar-refractivity contribution in [3.8, 4) is 0 Å². The van der Waals surface area contributed by atoms with Crippen molar-refractivity contribution in [1.29, 1.82) is 0 Å². The number of halogens is 1. The predicted molar refractivity (Wildman–Crippen MR) is 77.4 cm³/mol. The molecule has 0 saturated heterocycles. The van der Waals surface area contributed by atoms with Gasteiger partial charge in [-0.1, -0.05) is 0 Å². The van der Waals surface area contributed by atoms with E-state index in [9.17, 15) is 0 Å². The molecule has 2 N–H and O–H groups in total. The zero-order valence-electron chi connectivity index (χ0n) is 9.47. The Bertz CT molecular complexity index is 455. The highest BCUT2D eigenvalue weighted by molar-refractivity contribution is 9.10. The first-order valence-electron chi connectivity index (χ1n) is 5.22. The summed E-state index contributed by atoms with van der Waals surface area (Å²) in [5.74, 6) is 0. The number of thiophene rings is 1. The second kappa shape index (κ2) is 6.06. The molecule has 0 fully saturated rings. The average molecular weight is 332 g/mol. The molecule has 17 heavy (non-hydrogen) atoms. The molecule has 0 aromatic carbocycles. The Morgan fingerprint density at radius 1 is 1.59 bits per heavy atom. The minimum atomic E-state index is 0.242. The molecule has 0 aliphatic rings. The van der Waals surface area contributed by atoms with Crippen molar-refractivity contribution in [1.82, 2.24) is 9.88 Å². The lowest BCUT2D eigenvalue weighted by Crippen LogP contribution is -2.29. The van der Waals surface area contributed by atoms with Crippen molar-refractivity contribution in [2.45, 2.75) is 12.6 Å². The van der Waals surface area contributed by atoms with E-state index in [0.29, 0.717) is 6.54 Å². The van der Waals surface area contributed by atoms with E-state index in [1.165, 1.54) is 4.88 Å². The van der Waals surface area contributed by atoms with Gasteiger partial charge in [-0.05, 0) is 34.4 Å². The summed E-state index contributed by atoms with van der Waals surface area (Å²) in [5.41, 5.74) is 8.85. The summed E-state index contributed by atoms with van der Waals surface area (Å²) in [6, 6.07) is 2.31. The van der Waals surface area contributed by atoms with Crippen LogP contribution in [0.25, 0.3) is 0 Å². The maximum Gasteiger partial charge on any atom is 0.0795 e. The Balaban J connectivity index is 2.11. The number of hydrogen-bond acceptors (Lipinski definition) is 5. The molecule has 0 aliphatic heterocycles. The van der Waals surface area contributed by atoms with E-state index in [1.807, 2.05) is 5.51 Å². The molecular formula is C11H14BrN3S2. The summed E-state index contributed by atoms with van der Waals surface area (Å²) >= 11 is 6.93. The quantitative estimate of drug-likeness (QED) is 0.915. The van der Waals surface area contributed by atoms with Gasteiger partial charge in [-0.3, -0.25) is 4.90 Å². The van der Waals surface area contributed by atoms with Crippen LogP contribution < -0.4 is 5.73 Å². The van der Waals surface area contributed by atoms with Gasteiger partial charge in [-0.25, -0.2) is 4.98 Å². The Kier molecular flexibility index (Phi) is 4.69. The van der Waals surface area contributed by atoms with E-state index in [-0.39, 0.29) is 6.04 Å². The maximum atomic E-state index is 5.89. The summed E-state index contributed by atoms with van der Waals surface area (Å²) in [6.45, 7) is 1.44. The lowest BCUT2D eigenvalue weighted by Gasteiger charge is -2.25. The predicted octanol–water partition coefficient (Wildman–Crippen LogP) is 3.10. The van der Waals surface area contributed by atoms with Crippen molar-refractivity contribution in [3.05, 3.63) is 37.4 Å². The molecule has 0 aliphatic carbocycles. The standard InChI is InChI=1S/C11H14BrN3S2/c1-15(5-8-6-16-7-14-8)10(4-13)11-9(12)2-3-17-11/h2-3,6-7,10H,4-5,13H2,1H3. The highest BCUT2D eigenvalue weighted by Gasteiger charge is 2.19. The topological polar surface area (TPSA) is 42.2 Å². The number of rotatable bonds is 5. The van der Waals surface area contributed by atoms with E-state index in [0.717, 1.165) is 16.7 Å². The van der Waals surface area contributed by atoms with Gasteiger partial charge < -0.3 is 5.73 Å². The molecule has 2 rings (SSSR count). The molecule has 0 amide bonds. The molecule has 2 aromatic heterocycles. The number of hydrogen-bond donors (Lipinski definition) is 1. The smallest absolute Gasteiger partial charge is 0.0795 e. The minimum absolute atomic E-state index is 0.242. The molecule has 6 heteroatoms. The number of nitrogens with zero attached hydrogens (tertiary/aromatic N) is 2. The number of aromatic nitrogens is 1. The lowest BCUT2D eigenvalue weighted by atomic mass is 10.2. The van der Waals surface area contributed by atoms with Gasteiger partial charge in [0.05, 0.1) is 17.2 Å². The average Bonchev–Trinajstić information content (AvgIpc) is 2.92. The normalized spacial score (nSPS) is 13.2. The second-order valence-electron chi connectivity index (χ2n) is 3.78. The fourth-order valence-electron chi connectivity index (χ4n) is 1.71. The number of thiazole rings is 1. The third-order valence-electron chi connectivity index (χ3n) is 2.60. The molecule has 2 heterocycles. The summed E-state index contributed by atoms with van der Waals surface area (Å²) in [4.78, 5) is 7.83. The first kappa shape index (κ1) is 13.2. The van der Waals surface area contributed by atoms with E-state index in [4.69, 9.17) is 5.73 Å². The fourth-order valence-corrected chi connectivity index (χ4v) is 4.08. The molecule has 3 nitrogen and oxygen atoms in total. The first-order chi connectivity index (χ1) is 8.22. The highest BCUT2D eigenvalue weighted by Crippen LogP contribution is 2.32. The Morgan fingerprint density at radius 2 is 2.41 bits per heavy atom. The Morgan fingerprint density at radius 3 is 2.94 bits per heavy atom. The molecule has 0 radical (unpaired) electrons. The number of nitrogens with two attached hydrogens (primary N) is 1. The third kappa shape index (κ3) is 3.14. The van der Waals surface area contributed by atoms with Gasteiger partial charge in [0, 0.05) is 27.8 Å². The molecular weight excluding hydrogens is 318 g/mol. The number of likely N-dealkylation sites (N-methyl/N-ethyl adjacent to an activating group) is 1. The Labute approximate surface area is 117 Å². The van der Waals surface area contributed by atoms with E-state index >= 15 is 0 Å². The molecule has 2 aromatic rings. The van der Waals surface area contributed by atoms with Gasteiger partial charge in [0.2, 0.25) is 0 Å². The van der Waals surface area contributed by atoms with Crippen LogP contribution in [0.1, 0.15) is 16.6 Å². The molecule has 92 valence electrons. The van der Waals surface area contributed by atoms with Crippen LogP contribution in [0.4, 0.5) is 0 Å². The van der Waals surface area contributed by atoms with Gasteiger partial charge in [0.1, 0.15) is 0 Å². The van der Waals surface area contributed by atoms with Crippen LogP contribution in [0.2, 0.25) is 0 Å². The minimum Gasteiger partial charge on any atom is -0.329 e. The Hall–Kier alpha value is -0.270. The van der Waals surface area contributed by atoms with Crippen LogP contribution in [0.3, 0.4) is 0 Å². The summed E-state index contributed by atoms with van der Waals surface area (Å²) in [5, 5.41) is 4.16. The van der Waals surface area contributed by atoms with Gasteiger partial charge in [0.25, 0.3) is 0 Å². The van der Waals surface area contributed by atoms with E-state index < -0.39 is 0 Å². The van der Waals surface area contributed by atoms with Crippen LogP contribution in [0.15, 0.2) is 26.8 Å². The SMILES string of the molecule is CN(Cc1cscn1)C(CN)c1sccc1Br. The molecule has 1 atom stereocenters. The largest absolute Gasteiger partial charge is 0.329 e. The van der Waals surface area contributed by atoms with Gasteiger partial charge in [0.15, 0.2) is 0 Å². The lowest BCUT2D eigenvalue weighted by molar-refractivity contribution is 0.242. The van der Waals surface area contributed by atoms with Crippen LogP contribution in [0.5, 0.6) is 0 Å². The van der Waals surface area contributed by atoms with Crippen molar-refractivity contribution in [3.63, 3.8) is 0 Å². The van der Waals surface area contributed by atoms with Gasteiger partial charge in [-0.2, -0.15) is 0 Å². The fraction of sp³-hybridized carbons (Fsp3) is 0.364. The highest BCUT2D eigenvalue weighted by atomic mass is 79.9. The van der Waals surface area contributed by atoms with Gasteiger partial charge >= 0.3 is 0 Å². The summed E-state index contributed by atoms with van der Waals surface area (Å²) in [6.07, 6.45) is 0. The van der Waals surface area contributed by atoms with Crippen molar-refractivity contribution in [2.24, 2.45) is 5.73 Å². The van der Waals surface area contributed by atoms with Crippen LogP contribution in [-0.2, 0) is 6.54 Å². The van der Waals surface area contributed by atoms with Gasteiger partial charge in [-0.15, -0.1) is 22.7 Å². The van der Waals surface area contributed by atoms with Crippen LogP contribution in [0, 0.1) is 0 Å². The van der Waals surface area contributed by atoms with Crippen molar-refractivity contribution >= 4 is 38.6 Å². The second-order valence-corrected chi connectivity index (χ2v) is 6.30. The summed E-state index contributed by atoms with van der Waals surface area (Å²) < 4.78 is 1.14. The van der Waals surface area contributed by atoms with Crippen molar-refractivity contribution in [2.75, 3.05) is 13.6 Å². The van der Waals surface area contributed by atoms with E-state index in [2.05, 4.69) is 49.7 Å². The van der Waals surface area contributed by atoms with Crippen LogP contribution in [-0.4, -0.2) is 23.5 Å². The zero-order chi connectivity index (χ0) is 12.3. The monoisotopic (exact) mass is 331 g/mol. The van der Waals surface area contributed by atoms with E-state index in [1.54, 1.807) is 22.7 Å². The molecule has 1 unspecified atom stereocenters. The molecule has 0 spiro atoms. The first-order valence-corrected chi connectivity index (χ1v) is 7.84.